The molecule has 120 valence electrons. The van der Waals surface area contributed by atoms with Crippen molar-refractivity contribution >= 4 is 22.9 Å². The number of phenolic OH excluding ortho intramolecular Hbond substituents is 3. The predicted molar refractivity (Wildman–Crippen MR) is 90.4 cm³/mol. The van der Waals surface area contributed by atoms with Crippen molar-refractivity contribution < 1.29 is 20.1 Å². The number of hydrogen-bond acceptors (Lipinski definition) is 5. The summed E-state index contributed by atoms with van der Waals surface area (Å²) in [5.41, 5.74) is 2.92. The van der Waals surface area contributed by atoms with E-state index in [0.717, 1.165) is 10.8 Å². The highest BCUT2D eigenvalue weighted by Gasteiger charge is 2.11. The van der Waals surface area contributed by atoms with Gasteiger partial charge in [-0.15, -0.1) is 0 Å². The second kappa shape index (κ2) is 6.29. The first-order chi connectivity index (χ1) is 11.5. The van der Waals surface area contributed by atoms with Gasteiger partial charge in [0.1, 0.15) is 5.75 Å². The Balaban J connectivity index is 1.78. The Kier molecular flexibility index (Phi) is 4.03. The number of carbonyl (C=O) groups excluding carboxylic acids is 1. The Bertz CT molecular complexity index is 951. The lowest BCUT2D eigenvalue weighted by molar-refractivity contribution is 0.0952. The van der Waals surface area contributed by atoms with Crippen LogP contribution in [0.5, 0.6) is 17.2 Å². The molecule has 3 aromatic carbocycles. The lowest BCUT2D eigenvalue weighted by Gasteiger charge is -2.05. The van der Waals surface area contributed by atoms with Crippen LogP contribution in [0, 0.1) is 0 Å². The number of aromatic hydroxyl groups is 3. The van der Waals surface area contributed by atoms with Crippen molar-refractivity contribution in [3.63, 3.8) is 0 Å². The molecule has 0 fully saturated rings. The van der Waals surface area contributed by atoms with E-state index in [-0.39, 0.29) is 22.8 Å². The Morgan fingerprint density at radius 3 is 2.29 bits per heavy atom. The van der Waals surface area contributed by atoms with Gasteiger partial charge in [-0.1, -0.05) is 24.3 Å². The number of fused-ring (bicyclic) bond motifs is 1. The number of hydrogen-bond donors (Lipinski definition) is 4. The molecule has 0 atom stereocenters. The predicted octanol–water partition coefficient (Wildman–Crippen LogP) is 2.72. The fourth-order valence-electron chi connectivity index (χ4n) is 2.26. The van der Waals surface area contributed by atoms with Crippen molar-refractivity contribution in [3.05, 3.63) is 65.7 Å². The summed E-state index contributed by atoms with van der Waals surface area (Å²) in [6.45, 7) is 0. The zero-order chi connectivity index (χ0) is 17.1. The number of hydrazone groups is 1. The standard InChI is InChI=1S/C18H14N2O4/c21-15-6-5-11(7-17(15)23)10-19-20-18(24)14-8-12-3-1-2-4-13(12)9-16(14)22/h1-10,21-23H,(H,20,24). The third-order valence-corrected chi connectivity index (χ3v) is 3.49. The van der Waals surface area contributed by atoms with Gasteiger partial charge in [-0.05, 0) is 46.7 Å². The number of phenols is 3. The van der Waals surface area contributed by atoms with Gasteiger partial charge in [0.2, 0.25) is 0 Å². The molecule has 3 aromatic rings. The van der Waals surface area contributed by atoms with Crippen LogP contribution in [0.2, 0.25) is 0 Å². The maximum Gasteiger partial charge on any atom is 0.275 e. The number of rotatable bonds is 3. The van der Waals surface area contributed by atoms with Gasteiger partial charge in [0.05, 0.1) is 11.8 Å². The van der Waals surface area contributed by atoms with Gasteiger partial charge >= 0.3 is 0 Å². The van der Waals surface area contributed by atoms with Crippen molar-refractivity contribution in [2.75, 3.05) is 0 Å². The van der Waals surface area contributed by atoms with Gasteiger partial charge in [-0.25, -0.2) is 5.43 Å². The summed E-state index contributed by atoms with van der Waals surface area (Å²) < 4.78 is 0. The summed E-state index contributed by atoms with van der Waals surface area (Å²) in [4.78, 5) is 12.1. The maximum atomic E-state index is 12.1. The van der Waals surface area contributed by atoms with Gasteiger partial charge in [0, 0.05) is 0 Å². The fourth-order valence-corrected chi connectivity index (χ4v) is 2.26. The molecule has 0 aliphatic heterocycles. The normalized spacial score (nSPS) is 11.0. The molecule has 1 amide bonds. The van der Waals surface area contributed by atoms with Crippen LogP contribution in [0.1, 0.15) is 15.9 Å². The van der Waals surface area contributed by atoms with Crippen molar-refractivity contribution in [2.24, 2.45) is 5.10 Å². The zero-order valence-electron chi connectivity index (χ0n) is 12.5. The summed E-state index contributed by atoms with van der Waals surface area (Å²) in [5, 5.41) is 34.0. The molecule has 0 spiro atoms. The van der Waals surface area contributed by atoms with Crippen LogP contribution in [-0.4, -0.2) is 27.4 Å². The van der Waals surface area contributed by atoms with Crippen molar-refractivity contribution in [2.45, 2.75) is 0 Å². The molecule has 6 nitrogen and oxygen atoms in total. The van der Waals surface area contributed by atoms with Gasteiger partial charge in [-0.3, -0.25) is 4.79 Å². The van der Waals surface area contributed by atoms with Gasteiger partial charge in [-0.2, -0.15) is 5.10 Å². The summed E-state index contributed by atoms with van der Waals surface area (Å²) in [5.74, 6) is -1.21. The van der Waals surface area contributed by atoms with Gasteiger partial charge in [0.15, 0.2) is 11.5 Å². The quantitative estimate of drug-likeness (QED) is 0.338. The molecule has 0 unspecified atom stereocenters. The van der Waals surface area contributed by atoms with Crippen LogP contribution < -0.4 is 5.43 Å². The first-order valence-corrected chi connectivity index (χ1v) is 7.12. The molecular formula is C18H14N2O4. The maximum absolute atomic E-state index is 12.1. The molecule has 0 heterocycles. The molecule has 0 aromatic heterocycles. The smallest absolute Gasteiger partial charge is 0.275 e. The fraction of sp³-hybridized carbons (Fsp3) is 0. The highest BCUT2D eigenvalue weighted by molar-refractivity contribution is 6.01. The summed E-state index contributed by atoms with van der Waals surface area (Å²) in [7, 11) is 0. The Hall–Kier alpha value is -3.54. The first kappa shape index (κ1) is 15.4. The van der Waals surface area contributed by atoms with E-state index < -0.39 is 5.91 Å². The van der Waals surface area contributed by atoms with Crippen LogP contribution in [0.15, 0.2) is 59.7 Å². The second-order valence-corrected chi connectivity index (χ2v) is 5.16. The molecule has 3 rings (SSSR count). The van der Waals surface area contributed by atoms with E-state index >= 15 is 0 Å². The summed E-state index contributed by atoms with van der Waals surface area (Å²) >= 11 is 0. The number of nitrogens with zero attached hydrogens (tertiary/aromatic N) is 1. The third kappa shape index (κ3) is 3.12. The minimum atomic E-state index is -0.558. The molecule has 0 radical (unpaired) electrons. The second-order valence-electron chi connectivity index (χ2n) is 5.16. The van der Waals surface area contributed by atoms with Crippen LogP contribution in [0.25, 0.3) is 10.8 Å². The minimum absolute atomic E-state index is 0.111. The molecule has 6 heteroatoms. The Morgan fingerprint density at radius 2 is 1.58 bits per heavy atom. The highest BCUT2D eigenvalue weighted by Crippen LogP contribution is 2.25. The highest BCUT2D eigenvalue weighted by atomic mass is 16.3. The lowest BCUT2D eigenvalue weighted by atomic mass is 10.1. The van der Waals surface area contributed by atoms with Crippen LogP contribution in [0.4, 0.5) is 0 Å². The van der Waals surface area contributed by atoms with Crippen LogP contribution >= 0.6 is 0 Å². The molecule has 24 heavy (non-hydrogen) atoms. The van der Waals surface area contributed by atoms with E-state index in [2.05, 4.69) is 10.5 Å². The van der Waals surface area contributed by atoms with E-state index in [9.17, 15) is 20.1 Å². The number of benzene rings is 3. The van der Waals surface area contributed by atoms with Crippen LogP contribution in [-0.2, 0) is 0 Å². The third-order valence-electron chi connectivity index (χ3n) is 3.49. The van der Waals surface area contributed by atoms with E-state index in [1.54, 1.807) is 6.07 Å². The molecule has 0 aliphatic rings. The largest absolute Gasteiger partial charge is 0.507 e. The van der Waals surface area contributed by atoms with Crippen molar-refractivity contribution in [1.82, 2.24) is 5.43 Å². The topological polar surface area (TPSA) is 102 Å². The molecule has 0 bridgehead atoms. The van der Waals surface area contributed by atoms with Crippen molar-refractivity contribution in [3.8, 4) is 17.2 Å². The number of carbonyl (C=O) groups is 1. The molecule has 0 saturated carbocycles. The van der Waals surface area contributed by atoms with E-state index in [0.29, 0.717) is 5.56 Å². The van der Waals surface area contributed by atoms with E-state index in [1.165, 1.54) is 30.5 Å². The molecular weight excluding hydrogens is 308 g/mol. The number of nitrogens with one attached hydrogen (secondary N) is 1. The van der Waals surface area contributed by atoms with Crippen molar-refractivity contribution in [1.29, 1.82) is 0 Å². The zero-order valence-corrected chi connectivity index (χ0v) is 12.5. The van der Waals surface area contributed by atoms with E-state index in [4.69, 9.17) is 0 Å². The minimum Gasteiger partial charge on any atom is -0.507 e. The molecule has 0 saturated heterocycles. The average Bonchev–Trinajstić information content (AvgIpc) is 2.57. The number of amides is 1. The SMILES string of the molecule is O=C(NN=Cc1ccc(O)c(O)c1)c1cc2ccccc2cc1O. The van der Waals surface area contributed by atoms with Crippen LogP contribution in [0.3, 0.4) is 0 Å². The van der Waals surface area contributed by atoms with Gasteiger partial charge in [0.25, 0.3) is 5.91 Å². The summed E-state index contributed by atoms with van der Waals surface area (Å²) in [6, 6.07) is 14.6. The Morgan fingerprint density at radius 1 is 0.875 bits per heavy atom. The van der Waals surface area contributed by atoms with Gasteiger partial charge < -0.3 is 15.3 Å². The Labute approximate surface area is 137 Å². The average molecular weight is 322 g/mol. The molecule has 4 N–H and O–H groups in total. The summed E-state index contributed by atoms with van der Waals surface area (Å²) in [6.07, 6.45) is 1.31. The first-order valence-electron chi connectivity index (χ1n) is 7.12. The van der Waals surface area contributed by atoms with E-state index in [1.807, 2.05) is 24.3 Å². The molecule has 0 aliphatic carbocycles. The monoisotopic (exact) mass is 322 g/mol. The lowest BCUT2D eigenvalue weighted by Crippen LogP contribution is -2.17.